The third kappa shape index (κ3) is 3.95. The van der Waals surface area contributed by atoms with Crippen molar-refractivity contribution in [3.8, 4) is 0 Å². The Morgan fingerprint density at radius 1 is 1.64 bits per heavy atom. The monoisotopic (exact) mass is 159 g/mol. The van der Waals surface area contributed by atoms with Crippen LogP contribution in [0.25, 0.3) is 0 Å². The SMILES string of the molecule is CCN(CC(N)=O)C(C)CN. The summed E-state index contributed by atoms with van der Waals surface area (Å²) in [6.07, 6.45) is 0. The zero-order valence-corrected chi connectivity index (χ0v) is 7.21. The fourth-order valence-electron chi connectivity index (χ4n) is 0.929. The van der Waals surface area contributed by atoms with Crippen LogP contribution in [0.2, 0.25) is 0 Å². The van der Waals surface area contributed by atoms with Gasteiger partial charge < -0.3 is 11.5 Å². The molecule has 0 rings (SSSR count). The Morgan fingerprint density at radius 3 is 2.45 bits per heavy atom. The minimum absolute atomic E-state index is 0.229. The molecule has 1 amide bonds. The van der Waals surface area contributed by atoms with E-state index in [-0.39, 0.29) is 11.9 Å². The largest absolute Gasteiger partial charge is 0.369 e. The fourth-order valence-corrected chi connectivity index (χ4v) is 0.929. The molecule has 0 aliphatic heterocycles. The highest BCUT2D eigenvalue weighted by Gasteiger charge is 2.11. The number of hydrogen-bond acceptors (Lipinski definition) is 3. The van der Waals surface area contributed by atoms with Crippen LogP contribution in [0.1, 0.15) is 13.8 Å². The first-order valence-corrected chi connectivity index (χ1v) is 3.84. The van der Waals surface area contributed by atoms with Crippen molar-refractivity contribution in [2.24, 2.45) is 11.5 Å². The van der Waals surface area contributed by atoms with Gasteiger partial charge in [0.25, 0.3) is 0 Å². The number of carbonyl (C=O) groups excluding carboxylic acids is 1. The highest BCUT2D eigenvalue weighted by atomic mass is 16.1. The summed E-state index contributed by atoms with van der Waals surface area (Å²) in [5.41, 5.74) is 10.5. The molecule has 11 heavy (non-hydrogen) atoms. The molecule has 66 valence electrons. The fraction of sp³-hybridized carbons (Fsp3) is 0.857. The molecule has 1 atom stereocenters. The molecule has 0 saturated heterocycles. The predicted octanol–water partition coefficient (Wildman–Crippen LogP) is -0.859. The van der Waals surface area contributed by atoms with Crippen LogP contribution in [0.15, 0.2) is 0 Å². The van der Waals surface area contributed by atoms with E-state index in [4.69, 9.17) is 11.5 Å². The van der Waals surface area contributed by atoms with E-state index in [0.717, 1.165) is 6.54 Å². The van der Waals surface area contributed by atoms with Gasteiger partial charge in [-0.15, -0.1) is 0 Å². The van der Waals surface area contributed by atoms with Gasteiger partial charge >= 0.3 is 0 Å². The zero-order chi connectivity index (χ0) is 8.85. The van der Waals surface area contributed by atoms with Gasteiger partial charge in [0.1, 0.15) is 0 Å². The average molecular weight is 159 g/mol. The van der Waals surface area contributed by atoms with E-state index < -0.39 is 0 Å². The lowest BCUT2D eigenvalue weighted by Gasteiger charge is -2.24. The molecular weight excluding hydrogens is 142 g/mol. The first kappa shape index (κ1) is 10.4. The molecule has 4 heteroatoms. The molecule has 0 aliphatic rings. The number of rotatable bonds is 5. The molecule has 4 N–H and O–H groups in total. The maximum atomic E-state index is 10.5. The van der Waals surface area contributed by atoms with E-state index in [0.29, 0.717) is 13.1 Å². The summed E-state index contributed by atoms with van der Waals surface area (Å²) < 4.78 is 0. The quantitative estimate of drug-likeness (QED) is 0.548. The summed E-state index contributed by atoms with van der Waals surface area (Å²) in [6.45, 7) is 5.62. The maximum absolute atomic E-state index is 10.5. The van der Waals surface area contributed by atoms with E-state index in [1.165, 1.54) is 0 Å². The summed E-state index contributed by atoms with van der Waals surface area (Å²) in [5, 5.41) is 0. The van der Waals surface area contributed by atoms with Crippen molar-refractivity contribution in [2.45, 2.75) is 19.9 Å². The average Bonchev–Trinajstić information content (AvgIpc) is 1.98. The number of likely N-dealkylation sites (N-methyl/N-ethyl adjacent to an activating group) is 1. The van der Waals surface area contributed by atoms with Crippen molar-refractivity contribution in [1.29, 1.82) is 0 Å². The zero-order valence-electron chi connectivity index (χ0n) is 7.21. The highest BCUT2D eigenvalue weighted by molar-refractivity contribution is 5.75. The van der Waals surface area contributed by atoms with E-state index in [1.54, 1.807) is 0 Å². The standard InChI is InChI=1S/C7H17N3O/c1-3-10(5-7(9)11)6(2)4-8/h6H,3-5,8H2,1-2H3,(H2,9,11). The lowest BCUT2D eigenvalue weighted by atomic mass is 10.3. The van der Waals surface area contributed by atoms with Gasteiger partial charge in [-0.1, -0.05) is 6.92 Å². The Bertz CT molecular complexity index is 127. The van der Waals surface area contributed by atoms with Gasteiger partial charge in [-0.05, 0) is 13.5 Å². The molecule has 0 heterocycles. The highest BCUT2D eigenvalue weighted by Crippen LogP contribution is 1.94. The van der Waals surface area contributed by atoms with Crippen LogP contribution in [0, 0.1) is 0 Å². The van der Waals surface area contributed by atoms with Gasteiger partial charge in [-0.3, -0.25) is 9.69 Å². The van der Waals surface area contributed by atoms with E-state index in [2.05, 4.69) is 0 Å². The lowest BCUT2D eigenvalue weighted by Crippen LogP contribution is -2.43. The van der Waals surface area contributed by atoms with Crippen molar-refractivity contribution in [3.05, 3.63) is 0 Å². The molecule has 0 saturated carbocycles. The normalized spacial score (nSPS) is 13.5. The number of carbonyl (C=O) groups is 1. The Hall–Kier alpha value is -0.610. The molecule has 0 spiro atoms. The van der Waals surface area contributed by atoms with Crippen molar-refractivity contribution in [3.63, 3.8) is 0 Å². The minimum Gasteiger partial charge on any atom is -0.369 e. The number of primary amides is 1. The summed E-state index contributed by atoms with van der Waals surface area (Å²) in [7, 11) is 0. The minimum atomic E-state index is -0.299. The van der Waals surface area contributed by atoms with Crippen molar-refractivity contribution >= 4 is 5.91 Å². The molecular formula is C7H17N3O. The first-order chi connectivity index (χ1) is 5.11. The van der Waals surface area contributed by atoms with Crippen LogP contribution in [-0.4, -0.2) is 36.5 Å². The molecule has 0 aliphatic carbocycles. The van der Waals surface area contributed by atoms with E-state index >= 15 is 0 Å². The van der Waals surface area contributed by atoms with Crippen molar-refractivity contribution < 1.29 is 4.79 Å². The van der Waals surface area contributed by atoms with Crippen LogP contribution in [-0.2, 0) is 4.79 Å². The first-order valence-electron chi connectivity index (χ1n) is 3.84. The second-order valence-corrected chi connectivity index (χ2v) is 2.61. The van der Waals surface area contributed by atoms with E-state index in [1.807, 2.05) is 18.7 Å². The second-order valence-electron chi connectivity index (χ2n) is 2.61. The Morgan fingerprint density at radius 2 is 2.18 bits per heavy atom. The third-order valence-corrected chi connectivity index (χ3v) is 1.73. The summed E-state index contributed by atoms with van der Waals surface area (Å²) in [5.74, 6) is -0.299. The van der Waals surface area contributed by atoms with Crippen LogP contribution in [0.5, 0.6) is 0 Å². The predicted molar refractivity (Wildman–Crippen MR) is 45.0 cm³/mol. The summed E-state index contributed by atoms with van der Waals surface area (Å²) >= 11 is 0. The Labute approximate surface area is 67.5 Å². The molecule has 0 aromatic heterocycles. The number of nitrogens with two attached hydrogens (primary N) is 2. The van der Waals surface area contributed by atoms with E-state index in [9.17, 15) is 4.79 Å². The number of amides is 1. The molecule has 4 nitrogen and oxygen atoms in total. The molecule has 0 aromatic rings. The molecule has 0 fully saturated rings. The van der Waals surface area contributed by atoms with Gasteiger partial charge in [-0.2, -0.15) is 0 Å². The van der Waals surface area contributed by atoms with Gasteiger partial charge in [-0.25, -0.2) is 0 Å². The lowest BCUT2D eigenvalue weighted by molar-refractivity contribution is -0.119. The van der Waals surface area contributed by atoms with Gasteiger partial charge in [0, 0.05) is 12.6 Å². The van der Waals surface area contributed by atoms with Crippen LogP contribution in [0.4, 0.5) is 0 Å². The van der Waals surface area contributed by atoms with Crippen LogP contribution in [0.3, 0.4) is 0 Å². The molecule has 0 radical (unpaired) electrons. The van der Waals surface area contributed by atoms with Crippen molar-refractivity contribution in [2.75, 3.05) is 19.6 Å². The number of nitrogens with zero attached hydrogens (tertiary/aromatic N) is 1. The smallest absolute Gasteiger partial charge is 0.231 e. The summed E-state index contributed by atoms with van der Waals surface area (Å²) in [4.78, 5) is 12.5. The second kappa shape index (κ2) is 5.09. The Balaban J connectivity index is 3.84. The molecule has 1 unspecified atom stereocenters. The van der Waals surface area contributed by atoms with Crippen LogP contribution >= 0.6 is 0 Å². The number of hydrogen-bond donors (Lipinski definition) is 2. The maximum Gasteiger partial charge on any atom is 0.231 e. The topological polar surface area (TPSA) is 72.3 Å². The van der Waals surface area contributed by atoms with Gasteiger partial charge in [0.2, 0.25) is 5.91 Å². The Kier molecular flexibility index (Phi) is 4.81. The summed E-state index contributed by atoms with van der Waals surface area (Å²) in [6, 6.07) is 0.229. The van der Waals surface area contributed by atoms with Crippen molar-refractivity contribution in [1.82, 2.24) is 4.90 Å². The third-order valence-electron chi connectivity index (χ3n) is 1.73. The molecule has 0 bridgehead atoms. The van der Waals surface area contributed by atoms with Gasteiger partial charge in [0.15, 0.2) is 0 Å². The molecule has 0 aromatic carbocycles. The van der Waals surface area contributed by atoms with Crippen LogP contribution < -0.4 is 11.5 Å². The van der Waals surface area contributed by atoms with Gasteiger partial charge in [0.05, 0.1) is 6.54 Å².